The van der Waals surface area contributed by atoms with Crippen LogP contribution in [0.4, 0.5) is 38.1 Å². The van der Waals surface area contributed by atoms with E-state index in [0.717, 1.165) is 24.3 Å². The van der Waals surface area contributed by atoms with Crippen LogP contribution in [-0.4, -0.2) is 29.8 Å². The Bertz CT molecular complexity index is 1430. The molecule has 2 atom stereocenters. The van der Waals surface area contributed by atoms with E-state index >= 15 is 0 Å². The molecule has 0 radical (unpaired) electrons. The Kier molecular flexibility index (Phi) is 5.45. The number of urea groups is 1. The fraction of sp³-hybridized carbons (Fsp3) is 0.167. The van der Waals surface area contributed by atoms with Crippen molar-refractivity contribution >= 4 is 34.9 Å². The molecule has 2 heterocycles. The minimum Gasteiger partial charge on any atom is -0.375 e. The Morgan fingerprint density at radius 3 is 2.53 bits per heavy atom. The van der Waals surface area contributed by atoms with Crippen LogP contribution in [0.3, 0.4) is 0 Å². The summed E-state index contributed by atoms with van der Waals surface area (Å²) in [6.07, 6.45) is -5.20. The summed E-state index contributed by atoms with van der Waals surface area (Å²) in [5, 5.41) is 15.7. The highest BCUT2D eigenvalue weighted by Gasteiger charge is 2.61. The van der Waals surface area contributed by atoms with Gasteiger partial charge < -0.3 is 15.7 Å². The van der Waals surface area contributed by atoms with Crippen LogP contribution in [0.1, 0.15) is 33.1 Å². The van der Waals surface area contributed by atoms with Crippen LogP contribution in [0.15, 0.2) is 54.6 Å². The molecule has 3 aromatic carbocycles. The Morgan fingerprint density at radius 1 is 1.11 bits per heavy atom. The summed E-state index contributed by atoms with van der Waals surface area (Å²) in [5.74, 6) is -2.16. The molecule has 12 heteroatoms. The number of hydrogen-bond acceptors (Lipinski definition) is 3. The minimum absolute atomic E-state index is 0.0484. The fourth-order valence-electron chi connectivity index (χ4n) is 4.51. The molecule has 3 N–H and O–H groups in total. The fourth-order valence-corrected chi connectivity index (χ4v) is 4.74. The van der Waals surface area contributed by atoms with Gasteiger partial charge in [0.1, 0.15) is 11.6 Å². The summed E-state index contributed by atoms with van der Waals surface area (Å²) >= 11 is 6.22. The summed E-state index contributed by atoms with van der Waals surface area (Å²) in [6.45, 7) is -1.22. The van der Waals surface area contributed by atoms with Gasteiger partial charge >= 0.3 is 12.2 Å². The second kappa shape index (κ2) is 8.17. The first-order valence-electron chi connectivity index (χ1n) is 10.5. The number of hydrogen-bond donors (Lipinski definition) is 3. The normalized spacial score (nSPS) is 20.7. The molecule has 2 aliphatic heterocycles. The van der Waals surface area contributed by atoms with Crippen molar-refractivity contribution in [1.29, 1.82) is 0 Å². The number of alkyl halides is 3. The second-order valence-corrected chi connectivity index (χ2v) is 8.78. The molecule has 2 unspecified atom stereocenters. The largest absolute Gasteiger partial charge is 0.423 e. The van der Waals surface area contributed by atoms with Gasteiger partial charge in [0.15, 0.2) is 0 Å². The predicted octanol–water partition coefficient (Wildman–Crippen LogP) is 5.25. The maximum absolute atomic E-state index is 13.9. The van der Waals surface area contributed by atoms with Gasteiger partial charge in [-0.05, 0) is 48.5 Å². The van der Waals surface area contributed by atoms with Crippen molar-refractivity contribution < 1.29 is 36.6 Å². The number of carbonyl (C=O) groups excluding carboxylic acids is 2. The molecule has 0 fully saturated rings. The molecule has 0 bridgehead atoms. The molecular weight excluding hydrogens is 509 g/mol. The third-order valence-corrected chi connectivity index (χ3v) is 6.57. The van der Waals surface area contributed by atoms with Gasteiger partial charge in [-0.1, -0.05) is 17.7 Å². The van der Waals surface area contributed by atoms with Crippen LogP contribution in [-0.2, 0) is 5.60 Å². The molecule has 0 saturated heterocycles. The van der Waals surface area contributed by atoms with Crippen molar-refractivity contribution in [3.63, 3.8) is 0 Å². The van der Waals surface area contributed by atoms with E-state index in [2.05, 4.69) is 10.6 Å². The van der Waals surface area contributed by atoms with Gasteiger partial charge in [-0.2, -0.15) is 13.2 Å². The molecule has 0 aliphatic carbocycles. The quantitative estimate of drug-likeness (QED) is 0.401. The van der Waals surface area contributed by atoms with E-state index < -0.39 is 53.5 Å². The molecule has 5 rings (SSSR count). The number of amides is 3. The van der Waals surface area contributed by atoms with E-state index in [1.54, 1.807) is 0 Å². The van der Waals surface area contributed by atoms with Crippen molar-refractivity contribution in [2.75, 3.05) is 16.8 Å². The summed E-state index contributed by atoms with van der Waals surface area (Å²) in [7, 11) is 0. The molecule has 2 aliphatic rings. The Hall–Kier alpha value is -3.70. The first kappa shape index (κ1) is 24.0. The zero-order chi connectivity index (χ0) is 26.0. The van der Waals surface area contributed by atoms with Gasteiger partial charge in [-0.15, -0.1) is 0 Å². The number of aliphatic hydroxyl groups is 1. The van der Waals surface area contributed by atoms with Gasteiger partial charge in [-0.25, -0.2) is 13.6 Å². The number of β-amino-alcohol motifs (C(OH)–C–C–N with tert-alkyl or cyclic N) is 1. The Labute approximate surface area is 205 Å². The number of halogens is 6. The summed E-state index contributed by atoms with van der Waals surface area (Å²) in [6, 6.07) is 8.20. The number of carbonyl (C=O) groups is 2. The number of nitrogens with one attached hydrogen (secondary N) is 2. The van der Waals surface area contributed by atoms with E-state index in [-0.39, 0.29) is 33.1 Å². The van der Waals surface area contributed by atoms with E-state index in [1.165, 1.54) is 24.3 Å². The molecule has 186 valence electrons. The monoisotopic (exact) mass is 523 g/mol. The third-order valence-electron chi connectivity index (χ3n) is 6.22. The lowest BCUT2D eigenvalue weighted by Crippen LogP contribution is -2.48. The highest BCUT2D eigenvalue weighted by atomic mass is 35.5. The maximum atomic E-state index is 13.9. The highest BCUT2D eigenvalue weighted by Crippen LogP contribution is 2.49. The molecule has 0 saturated carbocycles. The van der Waals surface area contributed by atoms with Crippen LogP contribution in [0.2, 0.25) is 5.02 Å². The van der Waals surface area contributed by atoms with E-state index in [4.69, 9.17) is 11.6 Å². The number of benzene rings is 3. The predicted molar refractivity (Wildman–Crippen MR) is 120 cm³/mol. The SMILES string of the molecule is O=C1NC(c2cc(F)ccc2Cl)c2c(NC(=O)N3CC(O)(C(F)(F)F)c4cc(F)ccc43)cccc21. The summed E-state index contributed by atoms with van der Waals surface area (Å²) in [4.78, 5) is 26.4. The smallest absolute Gasteiger partial charge is 0.375 e. The summed E-state index contributed by atoms with van der Waals surface area (Å²) in [5.41, 5.74) is -3.99. The Morgan fingerprint density at radius 2 is 1.81 bits per heavy atom. The minimum atomic E-state index is -5.20. The van der Waals surface area contributed by atoms with E-state index in [0.29, 0.717) is 11.0 Å². The third kappa shape index (κ3) is 3.66. The molecular formula is C24H15ClF5N3O3. The molecule has 36 heavy (non-hydrogen) atoms. The molecule has 0 aromatic heterocycles. The summed E-state index contributed by atoms with van der Waals surface area (Å²) < 4.78 is 68.9. The van der Waals surface area contributed by atoms with Crippen LogP contribution in [0.5, 0.6) is 0 Å². The average Bonchev–Trinajstić information content (AvgIpc) is 3.31. The molecule has 3 aromatic rings. The van der Waals surface area contributed by atoms with E-state index in [9.17, 15) is 36.6 Å². The van der Waals surface area contributed by atoms with Crippen LogP contribution < -0.4 is 15.5 Å². The zero-order valence-electron chi connectivity index (χ0n) is 18.0. The van der Waals surface area contributed by atoms with Gasteiger partial charge in [-0.3, -0.25) is 9.69 Å². The number of fused-ring (bicyclic) bond motifs is 2. The van der Waals surface area contributed by atoms with Gasteiger partial charge in [0.05, 0.1) is 18.3 Å². The lowest BCUT2D eigenvalue weighted by molar-refractivity contribution is -0.258. The lowest BCUT2D eigenvalue weighted by atomic mass is 9.95. The topological polar surface area (TPSA) is 81.7 Å². The first-order chi connectivity index (χ1) is 16.9. The van der Waals surface area contributed by atoms with Crippen molar-refractivity contribution in [1.82, 2.24) is 5.32 Å². The number of nitrogens with zero attached hydrogens (tertiary/aromatic N) is 1. The van der Waals surface area contributed by atoms with Gasteiger partial charge in [0, 0.05) is 33.0 Å². The number of anilines is 2. The van der Waals surface area contributed by atoms with Crippen molar-refractivity contribution in [3.05, 3.63) is 93.5 Å². The standard InChI is InChI=1S/C24H15ClF5N3O3/c25-16-6-4-11(26)8-14(16)20-19-13(21(34)32-20)2-1-3-17(19)31-22(35)33-10-23(36,24(28,29)30)15-9-12(27)5-7-18(15)33/h1-9,20,36H,10H2,(H,31,35)(H,32,34). The van der Waals surface area contributed by atoms with Crippen molar-refractivity contribution in [2.45, 2.75) is 17.8 Å². The highest BCUT2D eigenvalue weighted by molar-refractivity contribution is 6.31. The van der Waals surface area contributed by atoms with Gasteiger partial charge in [0.2, 0.25) is 5.60 Å². The maximum Gasteiger partial charge on any atom is 0.423 e. The van der Waals surface area contributed by atoms with Crippen LogP contribution in [0, 0.1) is 11.6 Å². The first-order valence-corrected chi connectivity index (χ1v) is 10.8. The lowest BCUT2D eigenvalue weighted by Gasteiger charge is -2.27. The second-order valence-electron chi connectivity index (χ2n) is 8.37. The molecule has 0 spiro atoms. The zero-order valence-corrected chi connectivity index (χ0v) is 18.7. The van der Waals surface area contributed by atoms with Crippen molar-refractivity contribution in [2.24, 2.45) is 0 Å². The van der Waals surface area contributed by atoms with Gasteiger partial charge in [0.25, 0.3) is 5.91 Å². The Balaban J connectivity index is 1.54. The number of rotatable bonds is 2. The average molecular weight is 524 g/mol. The molecule has 6 nitrogen and oxygen atoms in total. The van der Waals surface area contributed by atoms with Crippen LogP contribution >= 0.6 is 11.6 Å². The van der Waals surface area contributed by atoms with Crippen LogP contribution in [0.25, 0.3) is 0 Å². The van der Waals surface area contributed by atoms with E-state index in [1.807, 2.05) is 0 Å². The molecule has 3 amide bonds. The van der Waals surface area contributed by atoms with Crippen molar-refractivity contribution in [3.8, 4) is 0 Å².